The minimum Gasteiger partial charge on any atom is -0.497 e. The van der Waals surface area contributed by atoms with Gasteiger partial charge in [-0.25, -0.2) is 11.2 Å². The molecule has 1 aliphatic heterocycles. The molecular weight excluding hydrogens is 725 g/mol. The highest BCUT2D eigenvalue weighted by Gasteiger charge is 2.47. The fourth-order valence-electron chi connectivity index (χ4n) is 7.46. The van der Waals surface area contributed by atoms with Crippen molar-refractivity contribution in [3.8, 4) is 11.5 Å². The van der Waals surface area contributed by atoms with E-state index >= 15 is 0 Å². The van der Waals surface area contributed by atoms with Gasteiger partial charge in [0.05, 0.1) is 26.9 Å². The second kappa shape index (κ2) is 18.6. The summed E-state index contributed by atoms with van der Waals surface area (Å²) >= 11 is 0. The van der Waals surface area contributed by atoms with Crippen molar-refractivity contribution in [3.05, 3.63) is 153 Å². The molecule has 0 spiro atoms. The summed E-state index contributed by atoms with van der Waals surface area (Å²) in [5.41, 5.74) is 2.48. The lowest BCUT2D eigenvalue weighted by Gasteiger charge is -2.39. The molecule has 2 heterocycles. The van der Waals surface area contributed by atoms with E-state index in [0.717, 1.165) is 39.1 Å². The molecule has 4 aromatic carbocycles. The van der Waals surface area contributed by atoms with Crippen LogP contribution >= 0.6 is 8.53 Å². The van der Waals surface area contributed by atoms with Crippen LogP contribution in [0.15, 0.2) is 114 Å². The van der Waals surface area contributed by atoms with Crippen LogP contribution in [0.4, 0.5) is 0 Å². The number of nitrogens with zero attached hydrogens (tertiary/aromatic N) is 3. The molecular formula is C45H52N3O7P. The number of aromatic nitrogens is 1. The summed E-state index contributed by atoms with van der Waals surface area (Å²) in [4.78, 5) is 17.6. The molecule has 0 amide bonds. The van der Waals surface area contributed by atoms with Crippen molar-refractivity contribution in [3.63, 3.8) is 0 Å². The number of pyridine rings is 1. The lowest BCUT2D eigenvalue weighted by atomic mass is 9.79. The van der Waals surface area contributed by atoms with Gasteiger partial charge in [-0.1, -0.05) is 72.3 Å². The number of hydrogen-bond donors (Lipinski definition) is 0. The third-order valence-corrected chi connectivity index (χ3v) is 12.2. The van der Waals surface area contributed by atoms with E-state index in [2.05, 4.69) is 49.3 Å². The summed E-state index contributed by atoms with van der Waals surface area (Å²) in [7, 11) is 1.73. The van der Waals surface area contributed by atoms with Crippen LogP contribution in [0.3, 0.4) is 0 Å². The van der Waals surface area contributed by atoms with Gasteiger partial charge in [0, 0.05) is 30.1 Å². The maximum Gasteiger partial charge on any atom is 0.260 e. The minimum absolute atomic E-state index is 0.119. The van der Waals surface area contributed by atoms with Gasteiger partial charge in [-0.2, -0.15) is 0 Å². The number of hydrogen-bond acceptors (Lipinski definition) is 8. The van der Waals surface area contributed by atoms with Crippen LogP contribution in [0.25, 0.3) is 15.6 Å². The molecule has 11 heteroatoms. The molecule has 0 aliphatic carbocycles. The first kappa shape index (κ1) is 41.1. The Labute approximate surface area is 331 Å². The highest BCUT2D eigenvalue weighted by Crippen LogP contribution is 2.49. The standard InChI is InChI=1S/C45H52N3O7P/c1-31(2)48(32(3)4)56(52-27-25-46-6)53-30-42-41(29-43(54-42)47-26-24-34-28-33(5)14-23-40(34)44(47)49)55-45(35-12-10-9-11-13-35,36-15-19-38(50-7)20-16-36)37-17-21-39(51-8)22-18-37/h9-24,26,28,31-32,41-43H,25,27,29-30H2,1-5,7-8H3/t41-,42+,43+,56?/m0/s1. The van der Waals surface area contributed by atoms with Crippen molar-refractivity contribution in [1.29, 1.82) is 0 Å². The molecule has 1 aliphatic rings. The lowest BCUT2D eigenvalue weighted by Crippen LogP contribution is -2.41. The summed E-state index contributed by atoms with van der Waals surface area (Å²) in [6, 6.07) is 34.0. The number of methoxy groups -OCH3 is 2. The normalized spacial score (nSPS) is 17.8. The van der Waals surface area contributed by atoms with Crippen LogP contribution in [-0.2, 0) is 24.1 Å². The van der Waals surface area contributed by atoms with Crippen LogP contribution in [0.2, 0.25) is 0 Å². The topological polar surface area (TPSA) is 85.0 Å². The van der Waals surface area contributed by atoms with E-state index < -0.39 is 32.6 Å². The van der Waals surface area contributed by atoms with Crippen LogP contribution in [0.1, 0.15) is 62.6 Å². The zero-order valence-electron chi connectivity index (χ0n) is 33.3. The number of aryl methyl sites for hydroxylation is 1. The Hall–Kier alpha value is -4.59. The lowest BCUT2D eigenvalue weighted by molar-refractivity contribution is -0.0973. The number of rotatable bonds is 17. The van der Waals surface area contributed by atoms with Crippen molar-refractivity contribution in [2.75, 3.05) is 34.0 Å². The predicted octanol–water partition coefficient (Wildman–Crippen LogP) is 9.29. The van der Waals surface area contributed by atoms with E-state index in [1.54, 1.807) is 18.8 Å². The number of fused-ring (bicyclic) bond motifs is 1. The van der Waals surface area contributed by atoms with Crippen molar-refractivity contribution in [2.24, 2.45) is 0 Å². The predicted molar refractivity (Wildman–Crippen MR) is 221 cm³/mol. The molecule has 1 aromatic heterocycles. The van der Waals surface area contributed by atoms with Crippen LogP contribution in [0.5, 0.6) is 11.5 Å². The first-order valence-electron chi connectivity index (χ1n) is 19.1. The summed E-state index contributed by atoms with van der Waals surface area (Å²) < 4.78 is 42.5. The van der Waals surface area contributed by atoms with Gasteiger partial charge in [-0.15, -0.1) is 0 Å². The largest absolute Gasteiger partial charge is 0.497 e. The molecule has 1 saturated heterocycles. The quantitative estimate of drug-likeness (QED) is 0.0400. The third kappa shape index (κ3) is 8.85. The molecule has 294 valence electrons. The summed E-state index contributed by atoms with van der Waals surface area (Å²) in [6.45, 7) is 18.4. The van der Waals surface area contributed by atoms with Gasteiger partial charge in [0.15, 0.2) is 0 Å². The van der Waals surface area contributed by atoms with E-state index in [9.17, 15) is 4.79 Å². The van der Waals surface area contributed by atoms with Crippen LogP contribution in [-0.4, -0.2) is 67.5 Å². The molecule has 4 atom stereocenters. The molecule has 0 bridgehead atoms. The Kier molecular flexibility index (Phi) is 13.6. The second-order valence-electron chi connectivity index (χ2n) is 14.5. The fraction of sp³-hybridized carbons (Fsp3) is 0.378. The molecule has 0 saturated carbocycles. The first-order chi connectivity index (χ1) is 27.1. The second-order valence-corrected chi connectivity index (χ2v) is 15.9. The van der Waals surface area contributed by atoms with E-state index in [4.69, 9.17) is 34.6 Å². The molecule has 10 nitrogen and oxygen atoms in total. The van der Waals surface area contributed by atoms with Gasteiger partial charge in [0.1, 0.15) is 36.0 Å². The molecule has 1 unspecified atom stereocenters. The third-order valence-electron chi connectivity index (χ3n) is 10.1. The summed E-state index contributed by atoms with van der Waals surface area (Å²) in [5.74, 6) is 1.44. The Bertz CT molecular complexity index is 2080. The van der Waals surface area contributed by atoms with Gasteiger partial charge in [0.2, 0.25) is 6.54 Å². The van der Waals surface area contributed by atoms with Gasteiger partial charge >= 0.3 is 0 Å². The highest BCUT2D eigenvalue weighted by atomic mass is 31.2. The average molecular weight is 778 g/mol. The van der Waals surface area contributed by atoms with Gasteiger partial charge in [-0.05, 0) is 93.1 Å². The summed E-state index contributed by atoms with van der Waals surface area (Å²) in [5, 5.41) is 1.50. The van der Waals surface area contributed by atoms with Crippen molar-refractivity contribution in [2.45, 2.75) is 77.2 Å². The molecule has 56 heavy (non-hydrogen) atoms. The first-order valence-corrected chi connectivity index (χ1v) is 20.2. The minimum atomic E-state index is -1.57. The average Bonchev–Trinajstić information content (AvgIpc) is 3.60. The van der Waals surface area contributed by atoms with E-state index in [1.165, 1.54) is 0 Å². The van der Waals surface area contributed by atoms with Crippen LogP contribution in [0, 0.1) is 13.5 Å². The Morgan fingerprint density at radius 2 is 1.46 bits per heavy atom. The van der Waals surface area contributed by atoms with Crippen molar-refractivity contribution in [1.82, 2.24) is 9.24 Å². The molecule has 1 fully saturated rings. The van der Waals surface area contributed by atoms with Gasteiger partial charge < -0.3 is 32.8 Å². The van der Waals surface area contributed by atoms with Gasteiger partial charge in [-0.3, -0.25) is 9.36 Å². The smallest absolute Gasteiger partial charge is 0.260 e. The monoisotopic (exact) mass is 777 g/mol. The van der Waals surface area contributed by atoms with E-state index in [1.807, 2.05) is 104 Å². The summed E-state index contributed by atoms with van der Waals surface area (Å²) in [6.07, 6.45) is 0.340. The van der Waals surface area contributed by atoms with Crippen molar-refractivity contribution >= 4 is 19.3 Å². The SMILES string of the molecule is [C-]#[N+]CCOP(OC[C@H]1O[C@@H](n2ccc3cc(C)ccc3c2=O)C[C@@H]1OC(c1ccccc1)(c1ccc(OC)cc1)c1ccc(OC)cc1)N(C(C)C)C(C)C. The number of ether oxygens (including phenoxy) is 4. The van der Waals surface area contributed by atoms with Crippen molar-refractivity contribution < 1.29 is 28.0 Å². The Balaban J connectivity index is 1.47. The molecule has 5 aromatic rings. The van der Waals surface area contributed by atoms with E-state index in [-0.39, 0.29) is 37.4 Å². The molecule has 0 N–H and O–H groups in total. The van der Waals surface area contributed by atoms with Gasteiger partial charge in [0.25, 0.3) is 14.1 Å². The Morgan fingerprint density at radius 1 is 0.857 bits per heavy atom. The maximum absolute atomic E-state index is 14.1. The highest BCUT2D eigenvalue weighted by molar-refractivity contribution is 7.44. The fourth-order valence-corrected chi connectivity index (χ4v) is 9.06. The number of benzene rings is 4. The zero-order chi connectivity index (χ0) is 39.8. The molecule has 6 rings (SSSR count). The zero-order valence-corrected chi connectivity index (χ0v) is 34.1. The van der Waals surface area contributed by atoms with Crippen LogP contribution < -0.4 is 15.0 Å². The maximum atomic E-state index is 14.1. The van der Waals surface area contributed by atoms with E-state index in [0.29, 0.717) is 11.8 Å². The Morgan fingerprint density at radius 3 is 2.04 bits per heavy atom. The molecule has 0 radical (unpaired) electrons.